The van der Waals surface area contributed by atoms with Gasteiger partial charge in [-0.1, -0.05) is 24.3 Å². The number of amides is 1. The number of pyridine rings is 1. The lowest BCUT2D eigenvalue weighted by atomic mass is 9.95. The minimum atomic E-state index is -0.154. The van der Waals surface area contributed by atoms with Gasteiger partial charge in [0.05, 0.1) is 18.1 Å². The standard InChI is InChI=1S/C22H27N3O3/c1-4-28-22(27)16-9-11-25(12-10-16)20-13-18(17-8-6-5-7-15(17)2)19(14-24-20)21(26)23-3/h5-8,13-14,16H,4,9-12H2,1-3H3,(H,23,26). The molecule has 0 unspecified atom stereocenters. The van der Waals surface area contributed by atoms with Crippen LogP contribution in [0.3, 0.4) is 0 Å². The predicted molar refractivity (Wildman–Crippen MR) is 109 cm³/mol. The second kappa shape index (κ2) is 8.87. The van der Waals surface area contributed by atoms with Crippen LogP contribution in [0.15, 0.2) is 36.5 Å². The van der Waals surface area contributed by atoms with E-state index in [1.807, 2.05) is 44.2 Å². The Kier molecular flexibility index (Phi) is 6.29. The van der Waals surface area contributed by atoms with Crippen LogP contribution in [0.2, 0.25) is 0 Å². The highest BCUT2D eigenvalue weighted by molar-refractivity contribution is 6.01. The van der Waals surface area contributed by atoms with Gasteiger partial charge in [-0.2, -0.15) is 0 Å². The number of aromatic nitrogens is 1. The Morgan fingerprint density at radius 1 is 1.21 bits per heavy atom. The zero-order valence-electron chi connectivity index (χ0n) is 16.7. The van der Waals surface area contributed by atoms with Gasteiger partial charge < -0.3 is 15.0 Å². The molecule has 1 saturated heterocycles. The quantitative estimate of drug-likeness (QED) is 0.806. The zero-order valence-corrected chi connectivity index (χ0v) is 16.7. The number of ether oxygens (including phenoxy) is 1. The molecule has 1 N–H and O–H groups in total. The molecule has 0 spiro atoms. The number of esters is 1. The normalized spacial score (nSPS) is 14.6. The van der Waals surface area contributed by atoms with Gasteiger partial charge in [0.25, 0.3) is 5.91 Å². The molecule has 6 heteroatoms. The van der Waals surface area contributed by atoms with Crippen LogP contribution in [0.5, 0.6) is 0 Å². The third-order valence-corrected chi connectivity index (χ3v) is 5.24. The van der Waals surface area contributed by atoms with Crippen molar-refractivity contribution in [2.24, 2.45) is 5.92 Å². The lowest BCUT2D eigenvalue weighted by Gasteiger charge is -2.32. The average Bonchev–Trinajstić information content (AvgIpc) is 2.73. The summed E-state index contributed by atoms with van der Waals surface area (Å²) in [5.41, 5.74) is 3.55. The van der Waals surface area contributed by atoms with E-state index >= 15 is 0 Å². The third kappa shape index (κ3) is 4.16. The van der Waals surface area contributed by atoms with Gasteiger partial charge in [0.15, 0.2) is 0 Å². The van der Waals surface area contributed by atoms with Gasteiger partial charge in [0.1, 0.15) is 5.82 Å². The summed E-state index contributed by atoms with van der Waals surface area (Å²) >= 11 is 0. The number of hydrogen-bond donors (Lipinski definition) is 1. The van der Waals surface area contributed by atoms with Crippen molar-refractivity contribution in [3.63, 3.8) is 0 Å². The van der Waals surface area contributed by atoms with Crippen LogP contribution in [0.4, 0.5) is 5.82 Å². The first-order chi connectivity index (χ1) is 13.5. The lowest BCUT2D eigenvalue weighted by molar-refractivity contribution is -0.148. The van der Waals surface area contributed by atoms with Crippen molar-refractivity contribution in [2.45, 2.75) is 26.7 Å². The number of aryl methyl sites for hydroxylation is 1. The molecular weight excluding hydrogens is 354 g/mol. The van der Waals surface area contributed by atoms with Crippen molar-refractivity contribution in [1.29, 1.82) is 0 Å². The highest BCUT2D eigenvalue weighted by atomic mass is 16.5. The number of piperidine rings is 1. The van der Waals surface area contributed by atoms with Crippen molar-refractivity contribution >= 4 is 17.7 Å². The van der Waals surface area contributed by atoms with Crippen LogP contribution >= 0.6 is 0 Å². The molecule has 1 amide bonds. The van der Waals surface area contributed by atoms with Gasteiger partial charge >= 0.3 is 5.97 Å². The maximum absolute atomic E-state index is 12.4. The molecule has 148 valence electrons. The Labute approximate surface area is 165 Å². The van der Waals surface area contributed by atoms with Crippen LogP contribution in [-0.4, -0.2) is 43.6 Å². The Hall–Kier alpha value is -2.89. The summed E-state index contributed by atoms with van der Waals surface area (Å²) in [5, 5.41) is 2.70. The van der Waals surface area contributed by atoms with E-state index < -0.39 is 0 Å². The molecule has 2 aromatic rings. The van der Waals surface area contributed by atoms with E-state index in [0.717, 1.165) is 48.4 Å². The van der Waals surface area contributed by atoms with Crippen molar-refractivity contribution < 1.29 is 14.3 Å². The molecule has 3 rings (SSSR count). The molecule has 28 heavy (non-hydrogen) atoms. The van der Waals surface area contributed by atoms with Crippen molar-refractivity contribution in [2.75, 3.05) is 31.6 Å². The van der Waals surface area contributed by atoms with E-state index in [2.05, 4.69) is 15.2 Å². The first-order valence-electron chi connectivity index (χ1n) is 9.74. The molecule has 1 fully saturated rings. The maximum atomic E-state index is 12.4. The van der Waals surface area contributed by atoms with Crippen LogP contribution in [0.1, 0.15) is 35.7 Å². The molecule has 1 aromatic carbocycles. The average molecular weight is 381 g/mol. The van der Waals surface area contributed by atoms with E-state index in [0.29, 0.717) is 12.2 Å². The summed E-state index contributed by atoms with van der Waals surface area (Å²) in [6.07, 6.45) is 3.14. The summed E-state index contributed by atoms with van der Waals surface area (Å²) < 4.78 is 5.15. The van der Waals surface area contributed by atoms with Crippen LogP contribution < -0.4 is 10.2 Å². The van der Waals surface area contributed by atoms with E-state index in [-0.39, 0.29) is 17.8 Å². The van der Waals surface area contributed by atoms with E-state index in [1.165, 1.54) is 0 Å². The fourth-order valence-corrected chi connectivity index (χ4v) is 3.64. The van der Waals surface area contributed by atoms with Crippen LogP contribution in [0.25, 0.3) is 11.1 Å². The van der Waals surface area contributed by atoms with Gasteiger partial charge in [-0.05, 0) is 49.4 Å². The molecule has 0 saturated carbocycles. The molecule has 1 aliphatic rings. The van der Waals surface area contributed by atoms with E-state index in [1.54, 1.807) is 13.2 Å². The third-order valence-electron chi connectivity index (χ3n) is 5.24. The smallest absolute Gasteiger partial charge is 0.309 e. The number of benzene rings is 1. The highest BCUT2D eigenvalue weighted by Gasteiger charge is 2.27. The van der Waals surface area contributed by atoms with Gasteiger partial charge in [0.2, 0.25) is 0 Å². The van der Waals surface area contributed by atoms with E-state index in [9.17, 15) is 9.59 Å². The predicted octanol–water partition coefficient (Wildman–Crippen LogP) is 3.20. The van der Waals surface area contributed by atoms with Gasteiger partial charge in [-0.3, -0.25) is 9.59 Å². The number of rotatable bonds is 5. The number of carbonyl (C=O) groups excluding carboxylic acids is 2. The molecule has 2 heterocycles. The molecule has 0 atom stereocenters. The summed E-state index contributed by atoms with van der Waals surface area (Å²) in [6.45, 7) is 5.76. The molecule has 0 radical (unpaired) electrons. The monoisotopic (exact) mass is 381 g/mol. The lowest BCUT2D eigenvalue weighted by Crippen LogP contribution is -2.37. The highest BCUT2D eigenvalue weighted by Crippen LogP contribution is 2.31. The van der Waals surface area contributed by atoms with Gasteiger partial charge in [-0.25, -0.2) is 4.98 Å². The minimum absolute atomic E-state index is 0.0443. The molecule has 0 bridgehead atoms. The van der Waals surface area contributed by atoms with Gasteiger partial charge in [0, 0.05) is 26.3 Å². The number of carbonyl (C=O) groups is 2. The first-order valence-corrected chi connectivity index (χ1v) is 9.74. The maximum Gasteiger partial charge on any atom is 0.309 e. The SMILES string of the molecule is CCOC(=O)C1CCN(c2cc(-c3ccccc3C)c(C(=O)NC)cn2)CC1. The fourth-order valence-electron chi connectivity index (χ4n) is 3.64. The number of anilines is 1. The molecular formula is C22H27N3O3. The van der Waals surface area contributed by atoms with Crippen LogP contribution in [-0.2, 0) is 9.53 Å². The Bertz CT molecular complexity index is 858. The molecule has 0 aliphatic carbocycles. The largest absolute Gasteiger partial charge is 0.466 e. The summed E-state index contributed by atoms with van der Waals surface area (Å²) in [7, 11) is 1.62. The number of hydrogen-bond acceptors (Lipinski definition) is 5. The number of nitrogens with one attached hydrogen (secondary N) is 1. The molecule has 6 nitrogen and oxygen atoms in total. The fraction of sp³-hybridized carbons (Fsp3) is 0.409. The second-order valence-corrected chi connectivity index (χ2v) is 7.00. The zero-order chi connectivity index (χ0) is 20.1. The second-order valence-electron chi connectivity index (χ2n) is 7.00. The topological polar surface area (TPSA) is 71.5 Å². The Balaban J connectivity index is 1.88. The van der Waals surface area contributed by atoms with Crippen molar-refractivity contribution in [3.05, 3.63) is 47.7 Å². The Morgan fingerprint density at radius 3 is 2.57 bits per heavy atom. The summed E-state index contributed by atoms with van der Waals surface area (Å²) in [5.74, 6) is 0.523. The minimum Gasteiger partial charge on any atom is -0.466 e. The van der Waals surface area contributed by atoms with Gasteiger partial charge in [-0.15, -0.1) is 0 Å². The van der Waals surface area contributed by atoms with Crippen molar-refractivity contribution in [1.82, 2.24) is 10.3 Å². The first kappa shape index (κ1) is 19.9. The summed E-state index contributed by atoms with van der Waals surface area (Å²) in [6, 6.07) is 10.0. The molecule has 1 aliphatic heterocycles. The number of nitrogens with zero attached hydrogens (tertiary/aromatic N) is 2. The molecule has 1 aromatic heterocycles. The Morgan fingerprint density at radius 2 is 1.93 bits per heavy atom. The van der Waals surface area contributed by atoms with Crippen molar-refractivity contribution in [3.8, 4) is 11.1 Å². The van der Waals surface area contributed by atoms with Crippen LogP contribution in [0, 0.1) is 12.8 Å². The summed E-state index contributed by atoms with van der Waals surface area (Å²) in [4.78, 5) is 31.1. The van der Waals surface area contributed by atoms with E-state index in [4.69, 9.17) is 4.74 Å².